The number of imidazole rings is 1. The first-order valence-electron chi connectivity index (χ1n) is 6.88. The van der Waals surface area contributed by atoms with Crippen molar-refractivity contribution >= 4 is 39.2 Å². The third kappa shape index (κ3) is 3.34. The van der Waals surface area contributed by atoms with Gasteiger partial charge in [0.2, 0.25) is 0 Å². The van der Waals surface area contributed by atoms with Gasteiger partial charge in [-0.2, -0.15) is 5.26 Å². The van der Waals surface area contributed by atoms with E-state index in [1.165, 1.54) is 30.3 Å². The summed E-state index contributed by atoms with van der Waals surface area (Å²) in [5, 5.41) is 11.8. The number of halogens is 2. The van der Waals surface area contributed by atoms with Gasteiger partial charge in [-0.05, 0) is 58.4 Å². The molecule has 1 N–H and O–H groups in total. The van der Waals surface area contributed by atoms with Crippen molar-refractivity contribution < 1.29 is 9.18 Å². The molecule has 2 heterocycles. The maximum Gasteiger partial charge on any atom is 0.266 e. The monoisotopic (exact) mass is 384 g/mol. The minimum atomic E-state index is -0.575. The van der Waals surface area contributed by atoms with Gasteiger partial charge in [-0.1, -0.05) is 0 Å². The number of aromatic nitrogens is 2. The van der Waals surface area contributed by atoms with Crippen molar-refractivity contribution in [3.8, 4) is 6.07 Å². The predicted octanol–water partition coefficient (Wildman–Crippen LogP) is 3.78. The molecule has 0 saturated carbocycles. The predicted molar refractivity (Wildman–Crippen MR) is 91.5 cm³/mol. The maximum atomic E-state index is 12.9. The number of carbonyl (C=O) groups is 1. The summed E-state index contributed by atoms with van der Waals surface area (Å²) in [5.74, 6) is -0.977. The van der Waals surface area contributed by atoms with Crippen LogP contribution in [0.25, 0.3) is 11.7 Å². The number of hydrogen-bond donors (Lipinski definition) is 1. The van der Waals surface area contributed by atoms with Crippen LogP contribution in [-0.2, 0) is 4.79 Å². The highest BCUT2D eigenvalue weighted by molar-refractivity contribution is 9.10. The molecule has 118 valence electrons. The van der Waals surface area contributed by atoms with Crippen LogP contribution in [0.2, 0.25) is 0 Å². The number of benzene rings is 1. The molecule has 5 nitrogen and oxygen atoms in total. The fourth-order valence-corrected chi connectivity index (χ4v) is 2.45. The SMILES string of the molecule is N#C/C(=C/c1cnc2ccc(Br)cn12)C(=O)Nc1ccc(F)cc1. The molecule has 0 atom stereocenters. The molecule has 2 aromatic heterocycles. The second kappa shape index (κ2) is 6.64. The molecular weight excluding hydrogens is 375 g/mol. The molecule has 0 aliphatic rings. The number of fused-ring (bicyclic) bond motifs is 1. The quantitative estimate of drug-likeness (QED) is 0.551. The van der Waals surface area contributed by atoms with Crippen molar-refractivity contribution in [1.29, 1.82) is 5.26 Å². The molecule has 0 radical (unpaired) electrons. The normalized spacial score (nSPS) is 11.3. The van der Waals surface area contributed by atoms with Crippen LogP contribution in [0.3, 0.4) is 0 Å². The number of amides is 1. The summed E-state index contributed by atoms with van der Waals surface area (Å²) >= 11 is 3.37. The number of nitriles is 1. The molecule has 3 rings (SSSR count). The Labute approximate surface area is 145 Å². The number of rotatable bonds is 3. The average Bonchev–Trinajstić information content (AvgIpc) is 2.96. The summed E-state index contributed by atoms with van der Waals surface area (Å²) in [4.78, 5) is 16.4. The van der Waals surface area contributed by atoms with E-state index in [0.717, 1.165) is 4.47 Å². The summed E-state index contributed by atoms with van der Waals surface area (Å²) in [6.07, 6.45) is 4.82. The van der Waals surface area contributed by atoms with E-state index >= 15 is 0 Å². The van der Waals surface area contributed by atoms with Gasteiger partial charge in [-0.15, -0.1) is 0 Å². The van der Waals surface area contributed by atoms with Crippen LogP contribution < -0.4 is 5.32 Å². The van der Waals surface area contributed by atoms with E-state index in [0.29, 0.717) is 17.0 Å². The first kappa shape index (κ1) is 15.9. The van der Waals surface area contributed by atoms with E-state index < -0.39 is 11.7 Å². The summed E-state index contributed by atoms with van der Waals surface area (Å²) in [6, 6.07) is 10.8. The molecule has 1 aromatic carbocycles. The zero-order valence-electron chi connectivity index (χ0n) is 12.2. The minimum Gasteiger partial charge on any atom is -0.321 e. The van der Waals surface area contributed by atoms with Crippen molar-refractivity contribution in [2.24, 2.45) is 0 Å². The van der Waals surface area contributed by atoms with Crippen LogP contribution in [0.5, 0.6) is 0 Å². The van der Waals surface area contributed by atoms with E-state index in [1.807, 2.05) is 18.2 Å². The molecule has 0 unspecified atom stereocenters. The van der Waals surface area contributed by atoms with Gasteiger partial charge in [0.05, 0.1) is 11.9 Å². The molecule has 7 heteroatoms. The number of pyridine rings is 1. The second-order valence-electron chi connectivity index (χ2n) is 4.89. The number of nitrogens with zero attached hydrogens (tertiary/aromatic N) is 3. The van der Waals surface area contributed by atoms with Crippen molar-refractivity contribution in [1.82, 2.24) is 9.38 Å². The topological polar surface area (TPSA) is 70.2 Å². The van der Waals surface area contributed by atoms with E-state index in [-0.39, 0.29) is 5.57 Å². The number of carbonyl (C=O) groups excluding carboxylic acids is 1. The Bertz CT molecular complexity index is 986. The van der Waals surface area contributed by atoms with Gasteiger partial charge in [0.25, 0.3) is 5.91 Å². The van der Waals surface area contributed by atoms with E-state index in [9.17, 15) is 14.4 Å². The van der Waals surface area contributed by atoms with Crippen LogP contribution >= 0.6 is 15.9 Å². The van der Waals surface area contributed by atoms with Gasteiger partial charge in [0.15, 0.2) is 0 Å². The van der Waals surface area contributed by atoms with Gasteiger partial charge in [0, 0.05) is 16.4 Å². The van der Waals surface area contributed by atoms with E-state index in [4.69, 9.17) is 0 Å². The largest absolute Gasteiger partial charge is 0.321 e. The summed E-state index contributed by atoms with van der Waals surface area (Å²) in [7, 11) is 0. The molecule has 0 aliphatic heterocycles. The Kier molecular flexibility index (Phi) is 4.40. The molecular formula is C17H10BrFN4O. The second-order valence-corrected chi connectivity index (χ2v) is 5.81. The van der Waals surface area contributed by atoms with Crippen LogP contribution in [0.1, 0.15) is 5.69 Å². The highest BCUT2D eigenvalue weighted by Gasteiger charge is 2.11. The Morgan fingerprint density at radius 3 is 2.75 bits per heavy atom. The fraction of sp³-hybridized carbons (Fsp3) is 0. The van der Waals surface area contributed by atoms with E-state index in [1.54, 1.807) is 16.8 Å². The van der Waals surface area contributed by atoms with Gasteiger partial charge >= 0.3 is 0 Å². The smallest absolute Gasteiger partial charge is 0.266 e. The lowest BCUT2D eigenvalue weighted by Gasteiger charge is -2.04. The van der Waals surface area contributed by atoms with Crippen LogP contribution in [0.4, 0.5) is 10.1 Å². The van der Waals surface area contributed by atoms with Crippen molar-refractivity contribution in [3.05, 3.63) is 70.3 Å². The van der Waals surface area contributed by atoms with Gasteiger partial charge < -0.3 is 5.32 Å². The molecule has 0 aliphatic carbocycles. The Morgan fingerprint density at radius 2 is 2.04 bits per heavy atom. The fourth-order valence-electron chi connectivity index (χ4n) is 2.11. The minimum absolute atomic E-state index is 0.0823. The summed E-state index contributed by atoms with van der Waals surface area (Å²) < 4.78 is 15.5. The lowest BCUT2D eigenvalue weighted by Crippen LogP contribution is -2.13. The molecule has 0 saturated heterocycles. The van der Waals surface area contributed by atoms with Crippen LogP contribution in [0.15, 0.2) is 58.8 Å². The number of hydrogen-bond acceptors (Lipinski definition) is 3. The average molecular weight is 385 g/mol. The lowest BCUT2D eigenvalue weighted by molar-refractivity contribution is -0.112. The summed E-state index contributed by atoms with van der Waals surface area (Å²) in [5.41, 5.74) is 1.61. The highest BCUT2D eigenvalue weighted by atomic mass is 79.9. The number of anilines is 1. The highest BCUT2D eigenvalue weighted by Crippen LogP contribution is 2.16. The third-order valence-corrected chi connectivity index (χ3v) is 3.73. The Balaban J connectivity index is 1.90. The van der Waals surface area contributed by atoms with Crippen molar-refractivity contribution in [2.45, 2.75) is 0 Å². The van der Waals surface area contributed by atoms with Crippen LogP contribution in [0, 0.1) is 17.1 Å². The molecule has 0 spiro atoms. The summed E-state index contributed by atoms with van der Waals surface area (Å²) in [6.45, 7) is 0. The van der Waals surface area contributed by atoms with Gasteiger partial charge in [0.1, 0.15) is 23.1 Å². The lowest BCUT2D eigenvalue weighted by atomic mass is 10.2. The molecule has 1 amide bonds. The first-order valence-corrected chi connectivity index (χ1v) is 7.67. The Hall–Kier alpha value is -2.98. The first-order chi connectivity index (χ1) is 11.6. The maximum absolute atomic E-state index is 12.9. The van der Waals surface area contributed by atoms with Gasteiger partial charge in [-0.25, -0.2) is 9.37 Å². The number of nitrogens with one attached hydrogen (secondary N) is 1. The molecule has 3 aromatic rings. The van der Waals surface area contributed by atoms with E-state index in [2.05, 4.69) is 26.2 Å². The zero-order valence-corrected chi connectivity index (χ0v) is 13.8. The van der Waals surface area contributed by atoms with Crippen LogP contribution in [-0.4, -0.2) is 15.3 Å². The molecule has 0 fully saturated rings. The third-order valence-electron chi connectivity index (χ3n) is 3.26. The van der Waals surface area contributed by atoms with Gasteiger partial charge in [-0.3, -0.25) is 9.20 Å². The Morgan fingerprint density at radius 1 is 1.29 bits per heavy atom. The molecule has 24 heavy (non-hydrogen) atoms. The zero-order chi connectivity index (χ0) is 17.1. The molecule has 0 bridgehead atoms. The standard InChI is InChI=1S/C17H10BrFN4O/c18-12-1-6-16-21-9-15(23(16)10-12)7-11(8-20)17(24)22-14-4-2-13(19)3-5-14/h1-7,9-10H,(H,22,24)/b11-7-. The van der Waals surface area contributed by atoms with Crippen molar-refractivity contribution in [3.63, 3.8) is 0 Å². The van der Waals surface area contributed by atoms with Crippen molar-refractivity contribution in [2.75, 3.05) is 5.32 Å².